The third-order valence-corrected chi connectivity index (χ3v) is 2.80. The molecule has 5 heteroatoms. The van der Waals surface area contributed by atoms with Gasteiger partial charge in [0.05, 0.1) is 18.3 Å². The van der Waals surface area contributed by atoms with E-state index in [4.69, 9.17) is 0 Å². The quantitative estimate of drug-likeness (QED) is 0.827. The minimum absolute atomic E-state index is 0.0562. The summed E-state index contributed by atoms with van der Waals surface area (Å²) < 4.78 is 13.9. The first kappa shape index (κ1) is 15.4. The minimum Gasteiger partial charge on any atom is -0.389 e. The smallest absolute Gasteiger partial charge is 0.239 e. The van der Waals surface area contributed by atoms with Crippen LogP contribution in [0.15, 0.2) is 18.2 Å². The second kappa shape index (κ2) is 7.09. The molecule has 0 aliphatic carbocycles. The number of hydrogen-bond acceptors (Lipinski definition) is 3. The highest BCUT2D eigenvalue weighted by molar-refractivity contribution is 5.81. The van der Waals surface area contributed by atoms with Crippen molar-refractivity contribution in [1.82, 2.24) is 5.32 Å². The molecule has 1 aromatic carbocycles. The number of carbonyl (C=O) groups excluding carboxylic acids is 1. The fraction of sp³-hybridized carbons (Fsp3) is 0.500. The largest absolute Gasteiger partial charge is 0.389 e. The molecule has 106 valence electrons. The lowest BCUT2D eigenvalue weighted by atomic mass is 10.1. The fourth-order valence-corrected chi connectivity index (χ4v) is 1.89. The van der Waals surface area contributed by atoms with E-state index in [1.54, 1.807) is 26.1 Å². The third-order valence-electron chi connectivity index (χ3n) is 2.80. The first-order valence-electron chi connectivity index (χ1n) is 6.41. The predicted octanol–water partition coefficient (Wildman–Crippen LogP) is 1.84. The van der Waals surface area contributed by atoms with Gasteiger partial charge in [0, 0.05) is 19.2 Å². The molecular formula is C14H21FN2O2. The van der Waals surface area contributed by atoms with Crippen LogP contribution >= 0.6 is 0 Å². The van der Waals surface area contributed by atoms with E-state index in [1.807, 2.05) is 6.92 Å². The Hall–Kier alpha value is -1.62. The summed E-state index contributed by atoms with van der Waals surface area (Å²) in [6.45, 7) is 4.20. The zero-order chi connectivity index (χ0) is 14.4. The number of rotatable bonds is 6. The van der Waals surface area contributed by atoms with Gasteiger partial charge in [-0.25, -0.2) is 4.39 Å². The number of likely N-dealkylation sites (N-methyl/N-ethyl adjacent to an activating group) is 1. The number of halogens is 1. The Morgan fingerprint density at radius 3 is 2.79 bits per heavy atom. The average molecular weight is 268 g/mol. The summed E-state index contributed by atoms with van der Waals surface area (Å²) in [5.41, 5.74) is 0.745. The number of hydrogen-bond donors (Lipinski definition) is 2. The maximum Gasteiger partial charge on any atom is 0.239 e. The third kappa shape index (κ3) is 4.21. The van der Waals surface area contributed by atoms with Gasteiger partial charge in [0.25, 0.3) is 0 Å². The molecule has 0 aromatic heterocycles. The maximum atomic E-state index is 13.9. The number of carbonyl (C=O) groups is 1. The maximum absolute atomic E-state index is 13.9. The summed E-state index contributed by atoms with van der Waals surface area (Å²) in [7, 11) is 1.63. The van der Waals surface area contributed by atoms with Gasteiger partial charge in [-0.05, 0) is 19.4 Å². The van der Waals surface area contributed by atoms with E-state index in [-0.39, 0.29) is 18.1 Å². The van der Waals surface area contributed by atoms with Crippen LogP contribution in [-0.4, -0.2) is 31.2 Å². The van der Waals surface area contributed by atoms with Crippen molar-refractivity contribution in [3.63, 3.8) is 0 Å². The molecule has 0 aliphatic rings. The van der Waals surface area contributed by atoms with Gasteiger partial charge in [0.15, 0.2) is 0 Å². The summed E-state index contributed by atoms with van der Waals surface area (Å²) in [5, 5.41) is 12.4. The van der Waals surface area contributed by atoms with E-state index in [1.165, 1.54) is 11.0 Å². The van der Waals surface area contributed by atoms with Crippen molar-refractivity contribution in [2.75, 3.05) is 25.0 Å². The SMILES string of the molecule is CCCNC(=O)CN(C)c1c(F)cccc1[C@H](C)O. The van der Waals surface area contributed by atoms with Crippen LogP contribution in [0, 0.1) is 5.82 Å². The molecule has 0 heterocycles. The number of amides is 1. The van der Waals surface area contributed by atoms with Gasteiger partial charge in [-0.15, -0.1) is 0 Å². The van der Waals surface area contributed by atoms with Crippen LogP contribution in [0.25, 0.3) is 0 Å². The standard InChI is InChI=1S/C14H21FN2O2/c1-4-8-16-13(19)9-17(3)14-11(10(2)18)6-5-7-12(14)15/h5-7,10,18H,4,8-9H2,1-3H3,(H,16,19)/t10-/m0/s1. The molecule has 0 saturated carbocycles. The number of nitrogens with zero attached hydrogens (tertiary/aromatic N) is 1. The lowest BCUT2D eigenvalue weighted by molar-refractivity contribution is -0.119. The van der Waals surface area contributed by atoms with Crippen LogP contribution in [0.1, 0.15) is 31.9 Å². The first-order chi connectivity index (χ1) is 8.97. The van der Waals surface area contributed by atoms with E-state index >= 15 is 0 Å². The molecule has 0 unspecified atom stereocenters. The van der Waals surface area contributed by atoms with E-state index in [2.05, 4.69) is 5.32 Å². The van der Waals surface area contributed by atoms with E-state index in [0.29, 0.717) is 12.1 Å². The van der Waals surface area contributed by atoms with E-state index in [0.717, 1.165) is 6.42 Å². The van der Waals surface area contributed by atoms with Gasteiger partial charge >= 0.3 is 0 Å². The molecule has 0 aliphatic heterocycles. The van der Waals surface area contributed by atoms with Crippen molar-refractivity contribution >= 4 is 11.6 Å². The molecule has 0 saturated heterocycles. The van der Waals surface area contributed by atoms with Crippen LogP contribution in [0.5, 0.6) is 0 Å². The van der Waals surface area contributed by atoms with Gasteiger partial charge < -0.3 is 15.3 Å². The highest BCUT2D eigenvalue weighted by Gasteiger charge is 2.17. The number of aliphatic hydroxyl groups is 1. The Balaban J connectivity index is 2.87. The summed E-state index contributed by atoms with van der Waals surface area (Å²) >= 11 is 0. The molecule has 0 fully saturated rings. The topological polar surface area (TPSA) is 52.6 Å². The summed E-state index contributed by atoms with van der Waals surface area (Å²) in [6, 6.07) is 4.52. The second-order valence-electron chi connectivity index (χ2n) is 4.56. The van der Waals surface area contributed by atoms with Crippen molar-refractivity contribution in [2.24, 2.45) is 0 Å². The summed E-state index contributed by atoms with van der Waals surface area (Å²) in [4.78, 5) is 13.2. The molecule has 0 bridgehead atoms. The second-order valence-corrected chi connectivity index (χ2v) is 4.56. The minimum atomic E-state index is -0.785. The molecular weight excluding hydrogens is 247 g/mol. The van der Waals surface area contributed by atoms with Crippen LogP contribution < -0.4 is 10.2 Å². The number of benzene rings is 1. The van der Waals surface area contributed by atoms with Crippen molar-refractivity contribution in [3.8, 4) is 0 Å². The Morgan fingerprint density at radius 2 is 2.21 bits per heavy atom. The van der Waals surface area contributed by atoms with Crippen LogP contribution in [0.2, 0.25) is 0 Å². The molecule has 19 heavy (non-hydrogen) atoms. The average Bonchev–Trinajstić information content (AvgIpc) is 2.35. The Bertz CT molecular complexity index is 435. The lowest BCUT2D eigenvalue weighted by Gasteiger charge is -2.23. The molecule has 1 aromatic rings. The highest BCUT2D eigenvalue weighted by atomic mass is 19.1. The predicted molar refractivity (Wildman–Crippen MR) is 73.6 cm³/mol. The van der Waals surface area contributed by atoms with Gasteiger partial charge in [0.1, 0.15) is 5.82 Å². The number of nitrogens with one attached hydrogen (secondary N) is 1. The zero-order valence-electron chi connectivity index (χ0n) is 11.6. The number of para-hydroxylation sites is 1. The van der Waals surface area contributed by atoms with Gasteiger partial charge in [-0.3, -0.25) is 4.79 Å². The van der Waals surface area contributed by atoms with E-state index in [9.17, 15) is 14.3 Å². The fourth-order valence-electron chi connectivity index (χ4n) is 1.89. The first-order valence-corrected chi connectivity index (χ1v) is 6.41. The molecule has 1 atom stereocenters. The molecule has 0 radical (unpaired) electrons. The van der Waals surface area contributed by atoms with Gasteiger partial charge in [-0.2, -0.15) is 0 Å². The van der Waals surface area contributed by atoms with Crippen molar-refractivity contribution < 1.29 is 14.3 Å². The molecule has 1 rings (SSSR count). The molecule has 0 spiro atoms. The normalized spacial score (nSPS) is 12.1. The Morgan fingerprint density at radius 1 is 1.53 bits per heavy atom. The van der Waals surface area contributed by atoms with Crippen molar-refractivity contribution in [2.45, 2.75) is 26.4 Å². The Labute approximate surface area is 113 Å². The highest BCUT2D eigenvalue weighted by Crippen LogP contribution is 2.28. The zero-order valence-corrected chi connectivity index (χ0v) is 11.6. The molecule has 2 N–H and O–H groups in total. The summed E-state index contributed by atoms with van der Waals surface area (Å²) in [6.07, 6.45) is 0.0699. The van der Waals surface area contributed by atoms with Crippen LogP contribution in [-0.2, 0) is 4.79 Å². The number of aliphatic hydroxyl groups excluding tert-OH is 1. The van der Waals surface area contributed by atoms with Crippen molar-refractivity contribution in [3.05, 3.63) is 29.6 Å². The van der Waals surface area contributed by atoms with Gasteiger partial charge in [-0.1, -0.05) is 19.1 Å². The number of anilines is 1. The summed E-state index contributed by atoms with van der Waals surface area (Å²) in [5.74, 6) is -0.603. The lowest BCUT2D eigenvalue weighted by Crippen LogP contribution is -2.36. The van der Waals surface area contributed by atoms with Crippen molar-refractivity contribution in [1.29, 1.82) is 0 Å². The van der Waals surface area contributed by atoms with Crippen LogP contribution in [0.3, 0.4) is 0 Å². The molecule has 4 nitrogen and oxygen atoms in total. The van der Waals surface area contributed by atoms with E-state index < -0.39 is 11.9 Å². The Kier molecular flexibility index (Phi) is 5.76. The van der Waals surface area contributed by atoms with Gasteiger partial charge in [0.2, 0.25) is 5.91 Å². The molecule has 1 amide bonds. The monoisotopic (exact) mass is 268 g/mol. The van der Waals surface area contributed by atoms with Crippen LogP contribution in [0.4, 0.5) is 10.1 Å².